The van der Waals surface area contributed by atoms with Crippen LogP contribution in [0.15, 0.2) is 17.0 Å². The summed E-state index contributed by atoms with van der Waals surface area (Å²) in [7, 11) is -3.89. The minimum atomic E-state index is -3.89. The lowest BCUT2D eigenvalue weighted by Gasteiger charge is -2.37. The number of hydrogen-bond acceptors (Lipinski definition) is 8. The van der Waals surface area contributed by atoms with Crippen LogP contribution in [-0.2, 0) is 24.1 Å². The summed E-state index contributed by atoms with van der Waals surface area (Å²) in [5, 5.41) is 0. The van der Waals surface area contributed by atoms with E-state index in [1.165, 1.54) is 6.07 Å². The van der Waals surface area contributed by atoms with E-state index in [0.29, 0.717) is 38.1 Å². The van der Waals surface area contributed by atoms with Gasteiger partial charge in [-0.1, -0.05) is 33.1 Å². The maximum atomic E-state index is 13.8. The Morgan fingerprint density at radius 1 is 1.09 bits per heavy atom. The summed E-state index contributed by atoms with van der Waals surface area (Å²) in [6, 6.07) is 2.74. The monoisotopic (exact) mass is 674 g/mol. The van der Waals surface area contributed by atoms with Gasteiger partial charge in [0.2, 0.25) is 11.8 Å². The molecule has 1 saturated carbocycles. The summed E-state index contributed by atoms with van der Waals surface area (Å²) in [6.45, 7) is 13.7. The van der Waals surface area contributed by atoms with E-state index >= 15 is 0 Å². The Balaban J connectivity index is 1.96. The first-order valence-electron chi connectivity index (χ1n) is 16.9. The molecule has 12 heteroatoms. The van der Waals surface area contributed by atoms with Crippen molar-refractivity contribution in [2.75, 3.05) is 18.9 Å². The molecule has 9 nitrogen and oxygen atoms in total. The molecule has 2 rings (SSSR count). The number of alkyl halides is 2. The van der Waals surface area contributed by atoms with Crippen molar-refractivity contribution in [1.82, 2.24) is 9.88 Å². The van der Waals surface area contributed by atoms with Gasteiger partial charge in [-0.2, -0.15) is 0 Å². The summed E-state index contributed by atoms with van der Waals surface area (Å²) in [5.74, 6) is -3.40. The number of aryl methyl sites for hydroxylation is 1. The van der Waals surface area contributed by atoms with E-state index in [9.17, 15) is 26.8 Å². The fraction of sp³-hybridized carbons (Fsp3) is 0.794. The average molecular weight is 675 g/mol. The highest BCUT2D eigenvalue weighted by Gasteiger charge is 2.39. The molecule has 0 aliphatic heterocycles. The maximum Gasteiger partial charge on any atom is 0.410 e. The molecule has 0 bridgehead atoms. The van der Waals surface area contributed by atoms with Crippen molar-refractivity contribution < 1.29 is 41.0 Å². The molecule has 264 valence electrons. The lowest BCUT2D eigenvalue weighted by molar-refractivity contribution is -0.144. The van der Waals surface area contributed by atoms with Crippen molar-refractivity contribution in [2.24, 2.45) is 5.92 Å². The Labute approximate surface area is 275 Å². The number of unbranched alkanes of at least 4 members (excludes halogenated alkanes) is 2. The predicted octanol–water partition coefficient (Wildman–Crippen LogP) is 8.07. The van der Waals surface area contributed by atoms with Crippen LogP contribution in [0.3, 0.4) is 0 Å². The van der Waals surface area contributed by atoms with E-state index in [1.54, 1.807) is 38.7 Å². The summed E-state index contributed by atoms with van der Waals surface area (Å²) < 4.78 is 71.0. The van der Waals surface area contributed by atoms with Crippen LogP contribution in [0, 0.1) is 12.8 Å². The second-order valence-electron chi connectivity index (χ2n) is 13.6. The molecule has 2 atom stereocenters. The molecule has 1 amide bonds. The largest absolute Gasteiger partial charge is 0.474 e. The predicted molar refractivity (Wildman–Crippen MR) is 174 cm³/mol. The lowest BCUT2D eigenvalue weighted by Crippen LogP contribution is -2.46. The molecule has 1 fully saturated rings. The Morgan fingerprint density at radius 2 is 1.76 bits per heavy atom. The first kappa shape index (κ1) is 39.7. The fourth-order valence-corrected chi connectivity index (χ4v) is 6.68. The second-order valence-corrected chi connectivity index (χ2v) is 15.7. The molecule has 1 heterocycles. The Hall–Kier alpha value is -2.50. The van der Waals surface area contributed by atoms with Crippen LogP contribution >= 0.6 is 0 Å². The number of carbonyl (C=O) groups excluding carboxylic acids is 2. The van der Waals surface area contributed by atoms with Crippen LogP contribution in [0.5, 0.6) is 5.88 Å². The number of halogens is 2. The minimum absolute atomic E-state index is 0.00926. The van der Waals surface area contributed by atoms with E-state index < -0.39 is 45.3 Å². The Morgan fingerprint density at radius 3 is 2.37 bits per heavy atom. The molecule has 0 aromatic carbocycles. The van der Waals surface area contributed by atoms with Gasteiger partial charge < -0.3 is 19.1 Å². The van der Waals surface area contributed by atoms with Gasteiger partial charge in [0.05, 0.1) is 24.9 Å². The number of rotatable bonds is 18. The van der Waals surface area contributed by atoms with Gasteiger partial charge in [-0.3, -0.25) is 4.79 Å². The Kier molecular flexibility index (Phi) is 15.7. The second kappa shape index (κ2) is 18.2. The smallest absolute Gasteiger partial charge is 0.410 e. The van der Waals surface area contributed by atoms with Crippen molar-refractivity contribution in [3.8, 4) is 5.88 Å². The zero-order chi connectivity index (χ0) is 34.5. The molecule has 0 saturated heterocycles. The first-order valence-corrected chi connectivity index (χ1v) is 18.5. The highest BCUT2D eigenvalue weighted by Crippen LogP contribution is 2.36. The quantitative estimate of drug-likeness (QED) is 0.114. The van der Waals surface area contributed by atoms with Crippen LogP contribution < -0.4 is 4.74 Å². The third-order valence-electron chi connectivity index (χ3n) is 8.23. The average Bonchev–Trinajstić information content (AvgIpc) is 2.95. The molecule has 1 aliphatic carbocycles. The van der Waals surface area contributed by atoms with Gasteiger partial charge in [-0.15, -0.1) is 0 Å². The van der Waals surface area contributed by atoms with Crippen molar-refractivity contribution in [1.29, 1.82) is 0 Å². The Bertz CT molecular complexity index is 1210. The maximum absolute atomic E-state index is 13.8. The summed E-state index contributed by atoms with van der Waals surface area (Å²) in [4.78, 5) is 31.2. The molecule has 0 radical (unpaired) electrons. The number of amides is 1. The normalized spacial score (nSPS) is 16.8. The minimum Gasteiger partial charge on any atom is -0.474 e. The van der Waals surface area contributed by atoms with E-state index in [-0.39, 0.29) is 54.8 Å². The SMILES string of the molecule is CCCCC(CC)COC(=O)CCS(=O)(=O)c1ccc(C)nc1O[C@H](C)CCCCN(C(=O)OC(C)(C)C)C1CCC(F)(F)CC1. The van der Waals surface area contributed by atoms with Crippen LogP contribution in [-0.4, -0.2) is 72.9 Å². The number of nitrogens with zero attached hydrogens (tertiary/aromatic N) is 2. The number of hydrogen-bond donors (Lipinski definition) is 0. The molecule has 1 unspecified atom stereocenters. The van der Waals surface area contributed by atoms with Crippen molar-refractivity contribution in [2.45, 2.75) is 154 Å². The number of aromatic nitrogens is 1. The number of esters is 1. The molecule has 1 aliphatic rings. The van der Waals surface area contributed by atoms with Gasteiger partial charge in [0.25, 0.3) is 0 Å². The van der Waals surface area contributed by atoms with Crippen LogP contribution in [0.25, 0.3) is 0 Å². The zero-order valence-corrected chi connectivity index (χ0v) is 29.7. The zero-order valence-electron chi connectivity index (χ0n) is 28.9. The van der Waals surface area contributed by atoms with Crippen molar-refractivity contribution in [3.63, 3.8) is 0 Å². The third-order valence-corrected chi connectivity index (χ3v) is 9.95. The summed E-state index contributed by atoms with van der Waals surface area (Å²) in [5.41, 5.74) is -0.119. The van der Waals surface area contributed by atoms with Crippen LogP contribution in [0.2, 0.25) is 0 Å². The molecule has 1 aromatic heterocycles. The summed E-state index contributed by atoms with van der Waals surface area (Å²) in [6.07, 6.45) is 4.52. The molecule has 1 aromatic rings. The van der Waals surface area contributed by atoms with Gasteiger partial charge in [-0.25, -0.2) is 27.0 Å². The molecule has 46 heavy (non-hydrogen) atoms. The van der Waals surface area contributed by atoms with Gasteiger partial charge in [0.15, 0.2) is 9.84 Å². The molecular formula is C34H56F2N2O7S. The van der Waals surface area contributed by atoms with Gasteiger partial charge >= 0.3 is 12.1 Å². The first-order chi connectivity index (χ1) is 21.5. The molecular weight excluding hydrogens is 618 g/mol. The molecule has 0 N–H and O–H groups in total. The topological polar surface area (TPSA) is 112 Å². The molecule has 0 spiro atoms. The summed E-state index contributed by atoms with van der Waals surface area (Å²) >= 11 is 0. The number of pyridine rings is 1. The van der Waals surface area contributed by atoms with E-state index in [1.807, 2.05) is 13.8 Å². The highest BCUT2D eigenvalue weighted by atomic mass is 32.2. The third kappa shape index (κ3) is 14.1. The number of sulfone groups is 1. The van der Waals surface area contributed by atoms with Crippen LogP contribution in [0.4, 0.5) is 13.6 Å². The fourth-order valence-electron chi connectivity index (χ4n) is 5.39. The van der Waals surface area contributed by atoms with Crippen molar-refractivity contribution in [3.05, 3.63) is 17.8 Å². The standard InChI is InChI=1S/C34H56F2N2O7S/c1-8-10-14-27(9-2)24-43-30(39)19-23-46(41,42)29-16-15-25(3)37-31(29)44-26(4)13-11-12-22-38(32(40)45-33(5,6)7)28-17-20-34(35,36)21-18-28/h15-16,26-28H,8-14,17-24H2,1-7H3/t26-,27?/m1/s1. The number of carbonyl (C=O) groups is 2. The van der Waals surface area contributed by atoms with Crippen molar-refractivity contribution >= 4 is 21.9 Å². The number of ether oxygens (including phenoxy) is 3. The van der Waals surface area contributed by atoms with Gasteiger partial charge in [-0.05, 0) is 91.2 Å². The lowest BCUT2D eigenvalue weighted by atomic mass is 9.91. The highest BCUT2D eigenvalue weighted by molar-refractivity contribution is 7.91. The van der Waals surface area contributed by atoms with E-state index in [2.05, 4.69) is 11.9 Å². The van der Waals surface area contributed by atoms with Gasteiger partial charge in [0.1, 0.15) is 10.5 Å². The van der Waals surface area contributed by atoms with Crippen LogP contribution in [0.1, 0.15) is 124 Å². The van der Waals surface area contributed by atoms with E-state index in [0.717, 1.165) is 25.7 Å². The van der Waals surface area contributed by atoms with E-state index in [4.69, 9.17) is 14.2 Å². The van der Waals surface area contributed by atoms with Gasteiger partial charge in [0, 0.05) is 31.1 Å².